The SMILES string of the molecule is CCOc1ccc(-c2cc(C(N)=O)c3nc(SCC(=O)N4CCNCC4)n(-c4ccccc4)c3n2)cc1. The minimum absolute atomic E-state index is 0.0522. The lowest BCUT2D eigenvalue weighted by atomic mass is 10.1. The lowest BCUT2D eigenvalue weighted by Crippen LogP contribution is -2.47. The van der Waals surface area contributed by atoms with Crippen molar-refractivity contribution in [3.05, 3.63) is 66.2 Å². The molecule has 3 heterocycles. The molecule has 0 atom stereocenters. The van der Waals surface area contributed by atoms with Crippen LogP contribution in [0.4, 0.5) is 0 Å². The van der Waals surface area contributed by atoms with Gasteiger partial charge in [0.1, 0.15) is 11.3 Å². The monoisotopic (exact) mass is 516 g/mol. The fraction of sp³-hybridized carbons (Fsp3) is 0.259. The number of hydrogen-bond acceptors (Lipinski definition) is 7. The molecule has 5 rings (SSSR count). The maximum atomic E-state index is 12.9. The number of nitrogens with zero attached hydrogens (tertiary/aromatic N) is 4. The lowest BCUT2D eigenvalue weighted by molar-refractivity contribution is -0.128. The van der Waals surface area contributed by atoms with Crippen LogP contribution in [0, 0.1) is 0 Å². The number of pyridine rings is 1. The van der Waals surface area contributed by atoms with Gasteiger partial charge in [0.05, 0.1) is 23.6 Å². The minimum Gasteiger partial charge on any atom is -0.494 e. The van der Waals surface area contributed by atoms with Crippen molar-refractivity contribution in [1.29, 1.82) is 0 Å². The first kappa shape index (κ1) is 24.8. The summed E-state index contributed by atoms with van der Waals surface area (Å²) in [5.74, 6) is 0.444. The Hall–Kier alpha value is -3.89. The highest BCUT2D eigenvalue weighted by Gasteiger charge is 2.23. The van der Waals surface area contributed by atoms with Crippen LogP contribution >= 0.6 is 11.8 Å². The van der Waals surface area contributed by atoms with Crippen molar-refractivity contribution in [3.8, 4) is 22.7 Å². The number of carbonyl (C=O) groups is 2. The number of para-hydroxylation sites is 1. The van der Waals surface area contributed by atoms with Crippen LogP contribution in [0.2, 0.25) is 0 Å². The van der Waals surface area contributed by atoms with Gasteiger partial charge in [-0.25, -0.2) is 9.97 Å². The van der Waals surface area contributed by atoms with Crippen LogP contribution < -0.4 is 15.8 Å². The molecular weight excluding hydrogens is 488 g/mol. The van der Waals surface area contributed by atoms with E-state index in [1.54, 1.807) is 6.07 Å². The van der Waals surface area contributed by atoms with Crippen molar-refractivity contribution >= 4 is 34.7 Å². The largest absolute Gasteiger partial charge is 0.494 e. The van der Waals surface area contributed by atoms with Gasteiger partial charge in [0.15, 0.2) is 10.8 Å². The van der Waals surface area contributed by atoms with E-state index in [1.807, 2.05) is 71.0 Å². The molecule has 2 aromatic heterocycles. The van der Waals surface area contributed by atoms with Crippen LogP contribution in [-0.2, 0) is 4.79 Å². The van der Waals surface area contributed by atoms with Crippen LogP contribution in [0.5, 0.6) is 5.75 Å². The highest BCUT2D eigenvalue weighted by atomic mass is 32.2. The summed E-state index contributed by atoms with van der Waals surface area (Å²) in [6.45, 7) is 5.46. The molecule has 2 aromatic carbocycles. The predicted octanol–water partition coefficient (Wildman–Crippen LogP) is 3.11. The Kier molecular flexibility index (Phi) is 7.38. The number of primary amides is 1. The standard InChI is InChI=1S/C27H28N6O3S/c1-2-36-20-10-8-18(9-11-20)22-16-21(25(28)35)24-26(30-22)33(19-6-4-3-5-7-19)27(31-24)37-17-23(34)32-14-12-29-13-15-32/h3-11,16,29H,2,12-15,17H2,1H3,(H2,28,35). The smallest absolute Gasteiger partial charge is 0.251 e. The number of nitrogens with two attached hydrogens (primary N) is 1. The van der Waals surface area contributed by atoms with Crippen molar-refractivity contribution in [2.45, 2.75) is 12.1 Å². The van der Waals surface area contributed by atoms with Gasteiger partial charge < -0.3 is 20.7 Å². The van der Waals surface area contributed by atoms with E-state index in [0.29, 0.717) is 41.7 Å². The Morgan fingerprint density at radius 2 is 1.78 bits per heavy atom. The average Bonchev–Trinajstić information content (AvgIpc) is 3.31. The number of imidazole rings is 1. The van der Waals surface area contributed by atoms with Gasteiger partial charge in [-0.15, -0.1) is 0 Å². The highest BCUT2D eigenvalue weighted by molar-refractivity contribution is 7.99. The van der Waals surface area contributed by atoms with Crippen LogP contribution in [0.15, 0.2) is 65.8 Å². The molecular formula is C27H28N6O3S. The molecule has 9 nitrogen and oxygen atoms in total. The summed E-state index contributed by atoms with van der Waals surface area (Å²) in [6.07, 6.45) is 0. The van der Waals surface area contributed by atoms with E-state index < -0.39 is 5.91 Å². The number of nitrogens with one attached hydrogen (secondary N) is 1. The number of benzene rings is 2. The van der Waals surface area contributed by atoms with Crippen molar-refractivity contribution in [2.24, 2.45) is 5.73 Å². The third kappa shape index (κ3) is 5.30. The van der Waals surface area contributed by atoms with Crippen LogP contribution in [0.1, 0.15) is 17.3 Å². The van der Waals surface area contributed by atoms with Crippen LogP contribution in [0.25, 0.3) is 28.1 Å². The lowest BCUT2D eigenvalue weighted by Gasteiger charge is -2.27. The summed E-state index contributed by atoms with van der Waals surface area (Å²) in [7, 11) is 0. The molecule has 1 aliphatic rings. The van der Waals surface area contributed by atoms with Crippen molar-refractivity contribution in [1.82, 2.24) is 24.8 Å². The molecule has 0 aliphatic carbocycles. The molecule has 4 aromatic rings. The fourth-order valence-electron chi connectivity index (χ4n) is 4.29. The predicted molar refractivity (Wildman–Crippen MR) is 144 cm³/mol. The third-order valence-electron chi connectivity index (χ3n) is 6.12. The Bertz CT molecular complexity index is 1420. The second-order valence-corrected chi connectivity index (χ2v) is 9.48. The van der Waals surface area contributed by atoms with E-state index in [-0.39, 0.29) is 17.2 Å². The van der Waals surface area contributed by atoms with Gasteiger partial charge in [-0.05, 0) is 49.4 Å². The second-order valence-electron chi connectivity index (χ2n) is 8.53. The van der Waals surface area contributed by atoms with Crippen LogP contribution in [0.3, 0.4) is 0 Å². The van der Waals surface area contributed by atoms with Crippen molar-refractivity contribution in [2.75, 3.05) is 38.5 Å². The normalized spacial score (nSPS) is 13.6. The highest BCUT2D eigenvalue weighted by Crippen LogP contribution is 2.32. The number of rotatable bonds is 8. The number of piperazine rings is 1. The zero-order valence-corrected chi connectivity index (χ0v) is 21.3. The van der Waals surface area contributed by atoms with E-state index in [9.17, 15) is 9.59 Å². The Morgan fingerprint density at radius 1 is 1.05 bits per heavy atom. The summed E-state index contributed by atoms with van der Waals surface area (Å²) in [5.41, 5.74) is 9.22. The Balaban J connectivity index is 1.59. The first-order valence-electron chi connectivity index (χ1n) is 12.2. The van der Waals surface area contributed by atoms with Gasteiger partial charge in [0, 0.05) is 37.4 Å². The van der Waals surface area contributed by atoms with E-state index in [1.165, 1.54) is 11.8 Å². The van der Waals surface area contributed by atoms with Crippen LogP contribution in [-0.4, -0.2) is 69.8 Å². The number of fused-ring (bicyclic) bond motifs is 1. The van der Waals surface area contributed by atoms with Gasteiger partial charge in [0.25, 0.3) is 5.91 Å². The van der Waals surface area contributed by atoms with E-state index >= 15 is 0 Å². The molecule has 0 bridgehead atoms. The Morgan fingerprint density at radius 3 is 2.46 bits per heavy atom. The summed E-state index contributed by atoms with van der Waals surface area (Å²) >= 11 is 1.33. The number of ether oxygens (including phenoxy) is 1. The topological polar surface area (TPSA) is 115 Å². The quantitative estimate of drug-likeness (QED) is 0.346. The average molecular weight is 517 g/mol. The van der Waals surface area contributed by atoms with Gasteiger partial charge >= 0.3 is 0 Å². The molecule has 3 N–H and O–H groups in total. The molecule has 1 aliphatic heterocycles. The summed E-state index contributed by atoms with van der Waals surface area (Å²) < 4.78 is 7.44. The number of carbonyl (C=O) groups excluding carboxylic acids is 2. The van der Waals surface area contributed by atoms with Crippen molar-refractivity contribution < 1.29 is 14.3 Å². The van der Waals surface area contributed by atoms with Gasteiger partial charge in [-0.1, -0.05) is 30.0 Å². The van der Waals surface area contributed by atoms with Gasteiger partial charge in [-0.2, -0.15) is 0 Å². The van der Waals surface area contributed by atoms with E-state index in [2.05, 4.69) is 5.32 Å². The minimum atomic E-state index is -0.592. The first-order valence-corrected chi connectivity index (χ1v) is 13.2. The first-order chi connectivity index (χ1) is 18.0. The van der Waals surface area contributed by atoms with Gasteiger partial charge in [0.2, 0.25) is 5.91 Å². The number of aromatic nitrogens is 3. The fourth-order valence-corrected chi connectivity index (χ4v) is 5.20. The molecule has 10 heteroatoms. The van der Waals surface area contributed by atoms with Crippen molar-refractivity contribution in [3.63, 3.8) is 0 Å². The maximum absolute atomic E-state index is 12.9. The summed E-state index contributed by atoms with van der Waals surface area (Å²) in [6, 6.07) is 18.9. The number of amides is 2. The molecule has 0 unspecified atom stereocenters. The number of thioether (sulfide) groups is 1. The maximum Gasteiger partial charge on any atom is 0.251 e. The molecule has 37 heavy (non-hydrogen) atoms. The Labute approximate surface area is 219 Å². The molecule has 1 fully saturated rings. The molecule has 2 amide bonds. The zero-order valence-electron chi connectivity index (χ0n) is 20.5. The van der Waals surface area contributed by atoms with E-state index in [4.69, 9.17) is 20.4 Å². The number of hydrogen-bond donors (Lipinski definition) is 2. The zero-order chi connectivity index (χ0) is 25.8. The summed E-state index contributed by atoms with van der Waals surface area (Å²) in [4.78, 5) is 36.9. The molecule has 1 saturated heterocycles. The second kappa shape index (κ2) is 11.0. The summed E-state index contributed by atoms with van der Waals surface area (Å²) in [5, 5.41) is 3.83. The third-order valence-corrected chi connectivity index (χ3v) is 7.04. The molecule has 0 saturated carbocycles. The van der Waals surface area contributed by atoms with E-state index in [0.717, 1.165) is 30.1 Å². The molecule has 0 spiro atoms. The molecule has 190 valence electrons. The molecule has 0 radical (unpaired) electrons. The van der Waals surface area contributed by atoms with Gasteiger partial charge in [-0.3, -0.25) is 14.2 Å².